The molecule has 2 amide bonds. The van der Waals surface area contributed by atoms with Gasteiger partial charge in [-0.05, 0) is 18.2 Å². The van der Waals surface area contributed by atoms with Gasteiger partial charge in [-0.1, -0.05) is 18.2 Å². The second-order valence-electron chi connectivity index (χ2n) is 7.27. The van der Waals surface area contributed by atoms with Gasteiger partial charge in [-0.15, -0.1) is 0 Å². The van der Waals surface area contributed by atoms with Crippen LogP contribution in [-0.4, -0.2) is 45.6 Å². The number of amides is 2. The first-order valence-corrected chi connectivity index (χ1v) is 11.9. The Hall–Kier alpha value is -4.45. The lowest BCUT2D eigenvalue weighted by Gasteiger charge is -2.16. The predicted octanol–water partition coefficient (Wildman–Crippen LogP) is 3.52. The first-order chi connectivity index (χ1) is 16.5. The maximum absolute atomic E-state index is 12.9. The summed E-state index contributed by atoms with van der Waals surface area (Å²) < 4.78 is 34.5. The third kappa shape index (κ3) is 5.92. The van der Waals surface area contributed by atoms with Crippen molar-refractivity contribution in [3.8, 4) is 11.5 Å². The summed E-state index contributed by atoms with van der Waals surface area (Å²) in [6.07, 6.45) is 0.879. The van der Waals surface area contributed by atoms with Crippen molar-refractivity contribution < 1.29 is 32.4 Å². The number of nitro benzene ring substituents is 1. The Kier molecular flexibility index (Phi) is 7.35. The topological polar surface area (TPSA) is 154 Å². The number of nitro groups is 1. The van der Waals surface area contributed by atoms with E-state index in [9.17, 15) is 28.1 Å². The smallest absolute Gasteiger partial charge is 0.271 e. The Labute approximate surface area is 200 Å². The number of hydrogen-bond acceptors (Lipinski definition) is 8. The molecule has 35 heavy (non-hydrogen) atoms. The Bertz CT molecular complexity index is 1410. The van der Waals surface area contributed by atoms with Crippen molar-refractivity contribution in [2.24, 2.45) is 0 Å². The standard InChI is InChI=1S/C23H21N3O8S/c1-33-20-13-19(21(34-2)12-18(20)24-22(27)14-7-5-4-6-8-14)25-23(28)15-9-16(26(29)30)11-17(10-15)35(3,31)32/h4-13H,1-3H3,(H,24,27)(H,25,28). The van der Waals surface area contributed by atoms with E-state index in [1.807, 2.05) is 0 Å². The van der Waals surface area contributed by atoms with E-state index in [4.69, 9.17) is 9.47 Å². The quantitative estimate of drug-likeness (QED) is 0.352. The number of hydrogen-bond donors (Lipinski definition) is 2. The number of carbonyl (C=O) groups excluding carboxylic acids is 2. The van der Waals surface area contributed by atoms with Crippen LogP contribution in [0.15, 0.2) is 65.6 Å². The summed E-state index contributed by atoms with van der Waals surface area (Å²) in [5.41, 5.74) is 0.00679. The Morgan fingerprint density at radius 1 is 0.829 bits per heavy atom. The molecule has 0 spiro atoms. The third-order valence-corrected chi connectivity index (χ3v) is 5.94. The summed E-state index contributed by atoms with van der Waals surface area (Å²) in [5, 5.41) is 16.5. The number of methoxy groups -OCH3 is 2. The van der Waals surface area contributed by atoms with Gasteiger partial charge in [0.25, 0.3) is 17.5 Å². The molecule has 0 unspecified atom stereocenters. The molecule has 2 N–H and O–H groups in total. The summed E-state index contributed by atoms with van der Waals surface area (Å²) in [6, 6.07) is 14.2. The molecule has 0 saturated carbocycles. The second-order valence-corrected chi connectivity index (χ2v) is 9.29. The minimum absolute atomic E-state index is 0.125. The molecule has 0 aromatic heterocycles. The summed E-state index contributed by atoms with van der Waals surface area (Å²) >= 11 is 0. The average molecular weight is 500 g/mol. The zero-order chi connectivity index (χ0) is 25.8. The molecule has 0 saturated heterocycles. The molecule has 0 bridgehead atoms. The fourth-order valence-electron chi connectivity index (χ4n) is 3.11. The van der Waals surface area contributed by atoms with Gasteiger partial charge in [0.05, 0.1) is 35.4 Å². The number of carbonyl (C=O) groups is 2. The lowest BCUT2D eigenvalue weighted by molar-refractivity contribution is -0.385. The molecule has 3 rings (SSSR count). The highest BCUT2D eigenvalue weighted by Crippen LogP contribution is 2.37. The van der Waals surface area contributed by atoms with Crippen molar-refractivity contribution in [1.82, 2.24) is 0 Å². The highest BCUT2D eigenvalue weighted by atomic mass is 32.2. The zero-order valence-corrected chi connectivity index (χ0v) is 19.7. The van der Waals surface area contributed by atoms with E-state index < -0.39 is 32.3 Å². The highest BCUT2D eigenvalue weighted by Gasteiger charge is 2.21. The van der Waals surface area contributed by atoms with Crippen LogP contribution in [0.3, 0.4) is 0 Å². The maximum Gasteiger partial charge on any atom is 0.271 e. The number of benzene rings is 3. The normalized spacial score (nSPS) is 10.8. The van der Waals surface area contributed by atoms with Gasteiger partial charge in [0.15, 0.2) is 9.84 Å². The van der Waals surface area contributed by atoms with Crippen molar-refractivity contribution in [1.29, 1.82) is 0 Å². The molecule has 12 heteroatoms. The lowest BCUT2D eigenvalue weighted by atomic mass is 10.1. The van der Waals surface area contributed by atoms with Gasteiger partial charge in [0.2, 0.25) is 0 Å². The number of nitrogens with one attached hydrogen (secondary N) is 2. The van der Waals surface area contributed by atoms with Gasteiger partial charge in [-0.25, -0.2) is 8.42 Å². The maximum atomic E-state index is 12.9. The molecule has 182 valence electrons. The van der Waals surface area contributed by atoms with Crippen molar-refractivity contribution in [3.63, 3.8) is 0 Å². The van der Waals surface area contributed by atoms with Gasteiger partial charge in [0.1, 0.15) is 11.5 Å². The van der Waals surface area contributed by atoms with Gasteiger partial charge in [-0.3, -0.25) is 19.7 Å². The van der Waals surface area contributed by atoms with Gasteiger partial charge in [-0.2, -0.15) is 0 Å². The first kappa shape index (κ1) is 25.2. The Morgan fingerprint density at radius 2 is 1.34 bits per heavy atom. The summed E-state index contributed by atoms with van der Waals surface area (Å²) in [7, 11) is -1.11. The molecule has 11 nitrogen and oxygen atoms in total. The van der Waals surface area contributed by atoms with Gasteiger partial charge in [0, 0.05) is 41.6 Å². The second kappa shape index (κ2) is 10.2. The van der Waals surface area contributed by atoms with Crippen molar-refractivity contribution >= 4 is 38.7 Å². The van der Waals surface area contributed by atoms with E-state index in [2.05, 4.69) is 10.6 Å². The van der Waals surface area contributed by atoms with E-state index in [1.165, 1.54) is 26.4 Å². The molecule has 0 aliphatic rings. The summed E-state index contributed by atoms with van der Waals surface area (Å²) in [4.78, 5) is 35.5. The molecule has 0 radical (unpaired) electrons. The first-order valence-electron chi connectivity index (χ1n) is 9.96. The molecule has 0 aliphatic heterocycles. The fraction of sp³-hybridized carbons (Fsp3) is 0.130. The van der Waals surface area contributed by atoms with Crippen LogP contribution >= 0.6 is 0 Å². The van der Waals surface area contributed by atoms with E-state index in [0.29, 0.717) is 5.56 Å². The number of anilines is 2. The van der Waals surface area contributed by atoms with E-state index >= 15 is 0 Å². The molecule has 0 heterocycles. The van der Waals surface area contributed by atoms with Crippen LogP contribution in [0.1, 0.15) is 20.7 Å². The van der Waals surface area contributed by atoms with E-state index in [0.717, 1.165) is 24.5 Å². The largest absolute Gasteiger partial charge is 0.494 e. The fourth-order valence-corrected chi connectivity index (χ4v) is 3.78. The number of nitrogens with zero attached hydrogens (tertiary/aromatic N) is 1. The van der Waals surface area contributed by atoms with Gasteiger partial charge < -0.3 is 20.1 Å². The molecule has 3 aromatic carbocycles. The van der Waals surface area contributed by atoms with Crippen LogP contribution in [0.4, 0.5) is 17.1 Å². The number of rotatable bonds is 8. The molecular formula is C23H21N3O8S. The van der Waals surface area contributed by atoms with Crippen LogP contribution in [0.5, 0.6) is 11.5 Å². The molecule has 0 atom stereocenters. The van der Waals surface area contributed by atoms with Crippen LogP contribution in [0, 0.1) is 10.1 Å². The van der Waals surface area contributed by atoms with Crippen LogP contribution < -0.4 is 20.1 Å². The molecule has 0 fully saturated rings. The Balaban J connectivity index is 1.96. The predicted molar refractivity (Wildman–Crippen MR) is 128 cm³/mol. The average Bonchev–Trinajstić information content (AvgIpc) is 2.84. The van der Waals surface area contributed by atoms with Crippen LogP contribution in [0.2, 0.25) is 0 Å². The Morgan fingerprint density at radius 3 is 1.80 bits per heavy atom. The monoisotopic (exact) mass is 499 g/mol. The van der Waals surface area contributed by atoms with Crippen molar-refractivity contribution in [3.05, 3.63) is 81.9 Å². The summed E-state index contributed by atoms with van der Waals surface area (Å²) in [5.74, 6) is -0.870. The number of sulfone groups is 1. The molecular weight excluding hydrogens is 478 g/mol. The molecule has 0 aliphatic carbocycles. The van der Waals surface area contributed by atoms with Gasteiger partial charge >= 0.3 is 0 Å². The minimum Gasteiger partial charge on any atom is -0.494 e. The lowest BCUT2D eigenvalue weighted by Crippen LogP contribution is -2.15. The molecule has 3 aromatic rings. The summed E-state index contributed by atoms with van der Waals surface area (Å²) in [6.45, 7) is 0. The minimum atomic E-state index is -3.82. The van der Waals surface area contributed by atoms with Crippen molar-refractivity contribution in [2.45, 2.75) is 4.90 Å². The zero-order valence-electron chi connectivity index (χ0n) is 18.9. The van der Waals surface area contributed by atoms with E-state index in [1.54, 1.807) is 30.3 Å². The van der Waals surface area contributed by atoms with Crippen molar-refractivity contribution in [2.75, 3.05) is 31.1 Å². The third-order valence-electron chi connectivity index (χ3n) is 4.85. The number of ether oxygens (including phenoxy) is 2. The SMILES string of the molecule is COc1cc(NC(=O)c2cc([N+](=O)[O-])cc(S(C)(=O)=O)c2)c(OC)cc1NC(=O)c1ccccc1. The number of non-ortho nitro benzene ring substituents is 1. The van der Waals surface area contributed by atoms with Crippen LogP contribution in [-0.2, 0) is 9.84 Å². The highest BCUT2D eigenvalue weighted by molar-refractivity contribution is 7.90. The van der Waals surface area contributed by atoms with Crippen LogP contribution in [0.25, 0.3) is 0 Å². The van der Waals surface area contributed by atoms with E-state index in [-0.39, 0.29) is 33.3 Å².